The largest absolute Gasteiger partial charge is 0.353 e. The van der Waals surface area contributed by atoms with E-state index in [0.717, 1.165) is 12.8 Å². The number of halogens is 4. The zero-order valence-corrected chi connectivity index (χ0v) is 19.0. The van der Waals surface area contributed by atoms with Crippen molar-refractivity contribution in [2.45, 2.75) is 12.8 Å². The molecule has 0 radical (unpaired) electrons. The molecule has 0 bridgehead atoms. The minimum absolute atomic E-state index is 0.215. The van der Waals surface area contributed by atoms with Crippen molar-refractivity contribution in [2.24, 2.45) is 0 Å². The van der Waals surface area contributed by atoms with Crippen molar-refractivity contribution in [2.75, 3.05) is 13.1 Å². The number of rotatable bonds is 9. The minimum Gasteiger partial charge on any atom is -0.353 e. The van der Waals surface area contributed by atoms with Crippen LogP contribution in [0.4, 0.5) is 0 Å². The van der Waals surface area contributed by atoms with Crippen LogP contribution in [0.25, 0.3) is 12.2 Å². The maximum Gasteiger partial charge on any atom is 0.243 e. The van der Waals surface area contributed by atoms with E-state index in [1.165, 1.54) is 12.2 Å². The molecule has 2 aromatic carbocycles. The molecule has 0 spiro atoms. The summed E-state index contributed by atoms with van der Waals surface area (Å²) in [5.74, 6) is -0.430. The Morgan fingerprint density at radius 3 is 1.47 bits per heavy atom. The van der Waals surface area contributed by atoms with Crippen LogP contribution in [0, 0.1) is 0 Å². The summed E-state index contributed by atoms with van der Waals surface area (Å²) in [5.41, 5.74) is 1.43. The summed E-state index contributed by atoms with van der Waals surface area (Å²) < 4.78 is 0. The fourth-order valence-corrected chi connectivity index (χ4v) is 3.34. The van der Waals surface area contributed by atoms with Crippen molar-refractivity contribution in [3.63, 3.8) is 0 Å². The molecule has 0 atom stereocenters. The van der Waals surface area contributed by atoms with E-state index in [2.05, 4.69) is 10.6 Å². The highest BCUT2D eigenvalue weighted by atomic mass is 35.5. The lowest BCUT2D eigenvalue weighted by Crippen LogP contribution is -2.25. The molecule has 2 N–H and O–H groups in total. The van der Waals surface area contributed by atoms with Gasteiger partial charge in [-0.2, -0.15) is 0 Å². The Balaban J connectivity index is 1.62. The van der Waals surface area contributed by atoms with Crippen LogP contribution in [0.5, 0.6) is 0 Å². The second kappa shape index (κ2) is 12.7. The SMILES string of the molecule is O=C(/C=C\c1ccc(Cl)cc1Cl)NCCCCNC(=O)/C=C/c1ccc(Cl)cc1Cl. The molecule has 2 rings (SSSR count). The van der Waals surface area contributed by atoms with Crippen molar-refractivity contribution >= 4 is 70.4 Å². The highest BCUT2D eigenvalue weighted by molar-refractivity contribution is 6.36. The van der Waals surface area contributed by atoms with Crippen molar-refractivity contribution in [1.29, 1.82) is 0 Å². The lowest BCUT2D eigenvalue weighted by molar-refractivity contribution is -0.117. The quantitative estimate of drug-likeness (QED) is 0.336. The third-order valence-corrected chi connectivity index (χ3v) is 5.08. The van der Waals surface area contributed by atoms with Crippen molar-refractivity contribution in [3.8, 4) is 0 Å². The first-order valence-electron chi connectivity index (χ1n) is 9.17. The maximum atomic E-state index is 11.8. The number of carbonyl (C=O) groups is 2. The summed E-state index contributed by atoms with van der Waals surface area (Å²) >= 11 is 23.8. The number of hydrogen-bond donors (Lipinski definition) is 2. The van der Waals surface area contributed by atoms with Gasteiger partial charge in [0.1, 0.15) is 0 Å². The Kier molecular flexibility index (Phi) is 10.2. The third kappa shape index (κ3) is 8.80. The molecule has 0 aliphatic carbocycles. The number of carbonyl (C=O) groups excluding carboxylic acids is 2. The molecular weight excluding hydrogens is 466 g/mol. The zero-order chi connectivity index (χ0) is 21.9. The predicted molar refractivity (Wildman–Crippen MR) is 126 cm³/mol. The number of hydrogen-bond acceptors (Lipinski definition) is 2. The summed E-state index contributed by atoms with van der Waals surface area (Å²) in [5, 5.41) is 7.61. The van der Waals surface area contributed by atoms with Gasteiger partial charge < -0.3 is 10.6 Å². The van der Waals surface area contributed by atoms with Gasteiger partial charge >= 0.3 is 0 Å². The Labute approximate surface area is 195 Å². The molecule has 0 aliphatic heterocycles. The summed E-state index contributed by atoms with van der Waals surface area (Å²) in [6, 6.07) is 10.1. The second-order valence-electron chi connectivity index (χ2n) is 6.29. The molecule has 0 aliphatic rings. The highest BCUT2D eigenvalue weighted by Crippen LogP contribution is 2.22. The second-order valence-corrected chi connectivity index (χ2v) is 7.97. The van der Waals surface area contributed by atoms with Crippen LogP contribution < -0.4 is 10.6 Å². The molecule has 158 valence electrons. The van der Waals surface area contributed by atoms with E-state index in [4.69, 9.17) is 46.4 Å². The first kappa shape index (κ1) is 24.3. The molecule has 0 saturated carbocycles. The Hall–Kier alpha value is -1.98. The number of nitrogens with one attached hydrogen (secondary N) is 2. The normalized spacial score (nSPS) is 11.2. The predicted octanol–water partition coefficient (Wildman–Crippen LogP) is 6.04. The molecule has 0 unspecified atom stereocenters. The molecule has 0 heterocycles. The van der Waals surface area contributed by atoms with Gasteiger partial charge in [0.2, 0.25) is 11.8 Å². The highest BCUT2D eigenvalue weighted by Gasteiger charge is 2.01. The average molecular weight is 486 g/mol. The van der Waals surface area contributed by atoms with Gasteiger partial charge in [0.25, 0.3) is 0 Å². The summed E-state index contributed by atoms with van der Waals surface area (Å²) in [6.07, 6.45) is 7.57. The van der Waals surface area contributed by atoms with Crippen molar-refractivity contribution < 1.29 is 9.59 Å². The molecule has 0 aromatic heterocycles. The van der Waals surface area contributed by atoms with E-state index in [1.807, 2.05) is 0 Å². The fraction of sp³-hybridized carbons (Fsp3) is 0.182. The monoisotopic (exact) mass is 484 g/mol. The van der Waals surface area contributed by atoms with Crippen LogP contribution in [0.15, 0.2) is 48.6 Å². The van der Waals surface area contributed by atoms with E-state index >= 15 is 0 Å². The zero-order valence-electron chi connectivity index (χ0n) is 15.9. The van der Waals surface area contributed by atoms with E-state index in [-0.39, 0.29) is 11.8 Å². The van der Waals surface area contributed by atoms with Gasteiger partial charge in [-0.05, 0) is 60.4 Å². The first-order chi connectivity index (χ1) is 14.3. The molecule has 4 nitrogen and oxygen atoms in total. The smallest absolute Gasteiger partial charge is 0.243 e. The molecule has 8 heteroatoms. The first-order valence-corrected chi connectivity index (χ1v) is 10.7. The molecular formula is C22H20Cl4N2O2. The summed E-state index contributed by atoms with van der Waals surface area (Å²) in [4.78, 5) is 23.7. The van der Waals surface area contributed by atoms with E-state index in [0.29, 0.717) is 44.3 Å². The maximum absolute atomic E-state index is 11.8. The van der Waals surface area contributed by atoms with Crippen molar-refractivity contribution in [3.05, 3.63) is 79.8 Å². The Bertz CT molecular complexity index is 881. The van der Waals surface area contributed by atoms with Gasteiger partial charge in [0.15, 0.2) is 0 Å². The van der Waals surface area contributed by atoms with Crippen molar-refractivity contribution in [1.82, 2.24) is 10.6 Å². The van der Waals surface area contributed by atoms with Gasteiger partial charge in [0, 0.05) is 45.3 Å². The van der Waals surface area contributed by atoms with Crippen LogP contribution in [-0.4, -0.2) is 24.9 Å². The van der Waals surface area contributed by atoms with E-state index < -0.39 is 0 Å². The van der Waals surface area contributed by atoms with Crippen LogP contribution in [-0.2, 0) is 9.59 Å². The Morgan fingerprint density at radius 1 is 0.700 bits per heavy atom. The molecule has 2 aromatic rings. The van der Waals surface area contributed by atoms with Gasteiger partial charge in [0.05, 0.1) is 0 Å². The number of amides is 2. The Morgan fingerprint density at radius 2 is 1.10 bits per heavy atom. The summed E-state index contributed by atoms with van der Waals surface area (Å²) in [6.45, 7) is 1.01. The van der Waals surface area contributed by atoms with Gasteiger partial charge in [-0.3, -0.25) is 9.59 Å². The molecule has 2 amide bonds. The average Bonchev–Trinajstić information content (AvgIpc) is 2.69. The lowest BCUT2D eigenvalue weighted by Gasteiger charge is -2.04. The molecule has 0 saturated heterocycles. The molecule has 30 heavy (non-hydrogen) atoms. The summed E-state index contributed by atoms with van der Waals surface area (Å²) in [7, 11) is 0. The standard InChI is InChI=1S/C22H20Cl4N2O2/c23-17-7-3-15(19(25)13-17)5-9-21(29)27-11-1-2-12-28-22(30)10-6-16-4-8-18(24)14-20(16)26/h3-10,13-14H,1-2,11-12H2,(H,27,29)(H,28,30)/b9-5-,10-6+. The van der Waals surface area contributed by atoms with Crippen LogP contribution in [0.2, 0.25) is 20.1 Å². The van der Waals surface area contributed by atoms with E-state index in [1.54, 1.807) is 48.6 Å². The minimum atomic E-state index is -0.215. The van der Waals surface area contributed by atoms with Crippen LogP contribution >= 0.6 is 46.4 Å². The molecule has 0 fully saturated rings. The topological polar surface area (TPSA) is 58.2 Å². The van der Waals surface area contributed by atoms with Gasteiger partial charge in [-0.1, -0.05) is 58.5 Å². The number of unbranched alkanes of at least 4 members (excludes halogenated alkanes) is 1. The van der Waals surface area contributed by atoms with Crippen LogP contribution in [0.1, 0.15) is 24.0 Å². The fourth-order valence-electron chi connectivity index (χ4n) is 2.40. The van der Waals surface area contributed by atoms with E-state index in [9.17, 15) is 9.59 Å². The third-order valence-electron chi connectivity index (χ3n) is 3.96. The number of benzene rings is 2. The lowest BCUT2D eigenvalue weighted by atomic mass is 10.2. The van der Waals surface area contributed by atoms with Gasteiger partial charge in [-0.25, -0.2) is 0 Å². The van der Waals surface area contributed by atoms with Crippen LogP contribution in [0.3, 0.4) is 0 Å². The van der Waals surface area contributed by atoms with Gasteiger partial charge in [-0.15, -0.1) is 0 Å².